The Balaban J connectivity index is 1.70. The van der Waals surface area contributed by atoms with Gasteiger partial charge in [0.2, 0.25) is 0 Å². The number of imide groups is 1. The van der Waals surface area contributed by atoms with Crippen molar-refractivity contribution in [2.75, 3.05) is 13.2 Å². The van der Waals surface area contributed by atoms with Gasteiger partial charge in [-0.25, -0.2) is 9.59 Å². The van der Waals surface area contributed by atoms with Crippen LogP contribution >= 0.6 is 0 Å². The molecule has 7 heteroatoms. The van der Waals surface area contributed by atoms with E-state index in [0.717, 1.165) is 17.6 Å². The molecule has 1 saturated heterocycles. The van der Waals surface area contributed by atoms with Gasteiger partial charge in [0.1, 0.15) is 17.9 Å². The second-order valence-corrected chi connectivity index (χ2v) is 8.05. The fraction of sp³-hybridized carbons (Fsp3) is 0.320. The van der Waals surface area contributed by atoms with Gasteiger partial charge in [0, 0.05) is 0 Å². The van der Waals surface area contributed by atoms with Crippen LogP contribution in [0.1, 0.15) is 48.7 Å². The second-order valence-electron chi connectivity index (χ2n) is 8.05. The summed E-state index contributed by atoms with van der Waals surface area (Å²) in [6, 6.07) is 13.3. The highest BCUT2D eigenvalue weighted by atomic mass is 16.5. The molecule has 0 bridgehead atoms. The molecule has 1 fully saturated rings. The van der Waals surface area contributed by atoms with Crippen molar-refractivity contribution in [2.45, 2.75) is 39.3 Å². The van der Waals surface area contributed by atoms with Gasteiger partial charge in [-0.05, 0) is 61.2 Å². The van der Waals surface area contributed by atoms with E-state index in [1.54, 1.807) is 55.5 Å². The Kier molecular flexibility index (Phi) is 6.98. The summed E-state index contributed by atoms with van der Waals surface area (Å²) in [5.41, 5.74) is 1.55. The lowest BCUT2D eigenvalue weighted by molar-refractivity contribution is -0.131. The Bertz CT molecular complexity index is 1010. The first kappa shape index (κ1) is 23.1. The van der Waals surface area contributed by atoms with Crippen molar-refractivity contribution in [3.8, 4) is 5.75 Å². The lowest BCUT2D eigenvalue weighted by Gasteiger charge is -2.22. The van der Waals surface area contributed by atoms with Crippen molar-refractivity contribution in [1.82, 2.24) is 10.2 Å². The van der Waals surface area contributed by atoms with Gasteiger partial charge in [0.15, 0.2) is 0 Å². The van der Waals surface area contributed by atoms with Crippen LogP contribution in [0.25, 0.3) is 0 Å². The summed E-state index contributed by atoms with van der Waals surface area (Å²) >= 11 is 0. The Morgan fingerprint density at radius 3 is 2.34 bits per heavy atom. The number of urea groups is 1. The Hall–Kier alpha value is -3.61. The molecule has 168 valence electrons. The molecule has 2 aromatic carbocycles. The molecular weight excluding hydrogens is 408 g/mol. The number of ether oxygens (including phenoxy) is 2. The molecule has 7 nitrogen and oxygen atoms in total. The highest BCUT2D eigenvalue weighted by Crippen LogP contribution is 2.31. The van der Waals surface area contributed by atoms with Crippen molar-refractivity contribution in [1.29, 1.82) is 0 Å². The summed E-state index contributed by atoms with van der Waals surface area (Å²) in [5.74, 6) is -0.0762. The number of carbonyl (C=O) groups excluding carboxylic acids is 3. The lowest BCUT2D eigenvalue weighted by atomic mass is 9.92. The van der Waals surface area contributed by atoms with E-state index in [4.69, 9.17) is 9.47 Å². The number of benzene rings is 2. The largest absolute Gasteiger partial charge is 0.489 e. The topological polar surface area (TPSA) is 84.9 Å². The van der Waals surface area contributed by atoms with E-state index in [1.165, 1.54) is 4.90 Å². The van der Waals surface area contributed by atoms with Gasteiger partial charge in [-0.2, -0.15) is 0 Å². The van der Waals surface area contributed by atoms with Gasteiger partial charge >= 0.3 is 12.0 Å². The minimum absolute atomic E-state index is 0.102. The number of amides is 3. The minimum atomic E-state index is -1.17. The van der Waals surface area contributed by atoms with E-state index in [1.807, 2.05) is 13.8 Å². The predicted molar refractivity (Wildman–Crippen MR) is 120 cm³/mol. The van der Waals surface area contributed by atoms with E-state index in [0.29, 0.717) is 30.1 Å². The van der Waals surface area contributed by atoms with Gasteiger partial charge in [-0.3, -0.25) is 9.69 Å². The van der Waals surface area contributed by atoms with Crippen LogP contribution < -0.4 is 10.1 Å². The molecule has 1 aliphatic heterocycles. The molecule has 0 aliphatic carbocycles. The number of hydrogen-bond donors (Lipinski definition) is 1. The fourth-order valence-corrected chi connectivity index (χ4v) is 3.33. The molecule has 1 unspecified atom stereocenters. The van der Waals surface area contributed by atoms with Crippen molar-refractivity contribution in [3.63, 3.8) is 0 Å². The van der Waals surface area contributed by atoms with Crippen LogP contribution in [0.4, 0.5) is 4.79 Å². The van der Waals surface area contributed by atoms with E-state index < -0.39 is 17.5 Å². The van der Waals surface area contributed by atoms with Crippen LogP contribution in [0.3, 0.4) is 0 Å². The number of nitrogens with zero attached hydrogens (tertiary/aromatic N) is 1. The fourth-order valence-electron chi connectivity index (χ4n) is 3.33. The lowest BCUT2D eigenvalue weighted by Crippen LogP contribution is -2.40. The first-order valence-corrected chi connectivity index (χ1v) is 10.5. The molecule has 0 saturated carbocycles. The summed E-state index contributed by atoms with van der Waals surface area (Å²) in [7, 11) is 0. The summed E-state index contributed by atoms with van der Waals surface area (Å²) in [4.78, 5) is 38.9. The standard InChI is InChI=1S/C25H28N2O5/c1-5-14-31-22(28)19-8-6-18(7-9-19)15-27-23(29)25(4,26-24(27)30)20-10-12-21(13-11-20)32-16-17(2)3/h6-13H,2,5,14-16H2,1,3-4H3,(H,26,30). The third-order valence-corrected chi connectivity index (χ3v) is 5.16. The first-order chi connectivity index (χ1) is 15.2. The van der Waals surface area contributed by atoms with Crippen LogP contribution in [-0.4, -0.2) is 36.0 Å². The quantitative estimate of drug-likeness (QED) is 0.362. The van der Waals surface area contributed by atoms with Gasteiger partial charge in [0.25, 0.3) is 5.91 Å². The summed E-state index contributed by atoms with van der Waals surface area (Å²) in [6.45, 7) is 10.2. The maximum atomic E-state index is 13.2. The van der Waals surface area contributed by atoms with Crippen LogP contribution in [0, 0.1) is 0 Å². The smallest absolute Gasteiger partial charge is 0.338 e. The SMILES string of the molecule is C=C(C)COc1ccc(C2(C)NC(=O)N(Cc3ccc(C(=O)OCCC)cc3)C2=O)cc1. The van der Waals surface area contributed by atoms with E-state index in [-0.39, 0.29) is 12.5 Å². The number of hydrogen-bond acceptors (Lipinski definition) is 5. The molecule has 1 atom stereocenters. The molecule has 1 aliphatic rings. The predicted octanol–water partition coefficient (Wildman–Crippen LogP) is 4.18. The normalized spacial score (nSPS) is 17.8. The van der Waals surface area contributed by atoms with Crippen molar-refractivity contribution in [2.24, 2.45) is 0 Å². The Morgan fingerprint density at radius 2 is 1.75 bits per heavy atom. The summed E-state index contributed by atoms with van der Waals surface area (Å²) in [5, 5.41) is 2.80. The van der Waals surface area contributed by atoms with Crippen LogP contribution in [0.15, 0.2) is 60.7 Å². The summed E-state index contributed by atoms with van der Waals surface area (Å²) < 4.78 is 10.7. The minimum Gasteiger partial charge on any atom is -0.489 e. The van der Waals surface area contributed by atoms with Gasteiger partial charge in [-0.1, -0.05) is 37.8 Å². The molecule has 3 amide bonds. The Labute approximate surface area is 188 Å². The zero-order chi connectivity index (χ0) is 23.3. The van der Waals surface area contributed by atoms with Crippen molar-refractivity contribution >= 4 is 17.9 Å². The zero-order valence-corrected chi connectivity index (χ0v) is 18.6. The molecule has 2 aromatic rings. The average molecular weight is 437 g/mol. The summed E-state index contributed by atoms with van der Waals surface area (Å²) in [6.07, 6.45) is 0.749. The average Bonchev–Trinajstić information content (AvgIpc) is 3.00. The van der Waals surface area contributed by atoms with Gasteiger partial charge in [0.05, 0.1) is 18.7 Å². The van der Waals surface area contributed by atoms with Gasteiger partial charge in [-0.15, -0.1) is 0 Å². The maximum Gasteiger partial charge on any atom is 0.338 e. The van der Waals surface area contributed by atoms with E-state index in [2.05, 4.69) is 11.9 Å². The van der Waals surface area contributed by atoms with E-state index >= 15 is 0 Å². The van der Waals surface area contributed by atoms with Crippen LogP contribution in [-0.2, 0) is 21.6 Å². The number of esters is 1. The van der Waals surface area contributed by atoms with Crippen molar-refractivity contribution < 1.29 is 23.9 Å². The van der Waals surface area contributed by atoms with Gasteiger partial charge < -0.3 is 14.8 Å². The molecule has 0 aromatic heterocycles. The number of rotatable bonds is 9. The maximum absolute atomic E-state index is 13.2. The first-order valence-electron chi connectivity index (χ1n) is 10.5. The molecule has 0 radical (unpaired) electrons. The Morgan fingerprint density at radius 1 is 1.09 bits per heavy atom. The molecule has 1 N–H and O–H groups in total. The number of carbonyl (C=O) groups is 3. The highest BCUT2D eigenvalue weighted by Gasteiger charge is 2.48. The monoisotopic (exact) mass is 436 g/mol. The molecular formula is C25H28N2O5. The third-order valence-electron chi connectivity index (χ3n) is 5.16. The number of nitrogens with one attached hydrogen (secondary N) is 1. The van der Waals surface area contributed by atoms with E-state index in [9.17, 15) is 14.4 Å². The molecule has 3 rings (SSSR count). The van der Waals surface area contributed by atoms with Crippen LogP contribution in [0.5, 0.6) is 5.75 Å². The molecule has 1 heterocycles. The third kappa shape index (κ3) is 4.99. The highest BCUT2D eigenvalue weighted by molar-refractivity contribution is 6.07. The second kappa shape index (κ2) is 9.68. The van der Waals surface area contributed by atoms with Crippen LogP contribution in [0.2, 0.25) is 0 Å². The zero-order valence-electron chi connectivity index (χ0n) is 18.6. The molecule has 0 spiro atoms. The van der Waals surface area contributed by atoms with Crippen molar-refractivity contribution in [3.05, 3.63) is 77.4 Å². The molecule has 32 heavy (non-hydrogen) atoms.